The van der Waals surface area contributed by atoms with Crippen molar-refractivity contribution in [1.82, 2.24) is 0 Å². The van der Waals surface area contributed by atoms with Gasteiger partial charge in [-0.2, -0.15) is 0 Å². The molecule has 0 bridgehead atoms. The molecule has 0 rings (SSSR count). The van der Waals surface area contributed by atoms with Gasteiger partial charge in [-0.25, -0.2) is 0 Å². The number of hydrogen-bond donors (Lipinski definition) is 0. The predicted molar refractivity (Wildman–Crippen MR) is 325 cm³/mol. The number of ketones is 1. The molecule has 0 aliphatic rings. The molecule has 0 fully saturated rings. The van der Waals surface area contributed by atoms with Crippen LogP contribution < -0.4 is 17.0 Å². The minimum atomic E-state index is -0.390. The van der Waals surface area contributed by atoms with Gasteiger partial charge in [0, 0.05) is 19.3 Å². The summed E-state index contributed by atoms with van der Waals surface area (Å²) in [6.45, 7) is 11.2. The quantitative estimate of drug-likeness (QED) is 0.0255. The van der Waals surface area contributed by atoms with Crippen LogP contribution in [0.1, 0.15) is 284 Å². The van der Waals surface area contributed by atoms with Gasteiger partial charge in [-0.05, 0) is 96.3 Å². The molecular weight excluding hydrogens is 1040 g/mol. The molecule has 0 saturated heterocycles. The monoisotopic (exact) mass is 1170 g/mol. The van der Waals surface area contributed by atoms with Crippen LogP contribution in [0.5, 0.6) is 0 Å². The maximum Gasteiger partial charge on any atom is 0.305 e. The van der Waals surface area contributed by atoms with Crippen LogP contribution in [0.2, 0.25) is 0 Å². The van der Waals surface area contributed by atoms with Crippen molar-refractivity contribution in [1.29, 1.82) is 0 Å². The van der Waals surface area contributed by atoms with Gasteiger partial charge in [-0.3, -0.25) is 14.4 Å². The van der Waals surface area contributed by atoms with E-state index in [1.807, 2.05) is 0 Å². The standard InChI is InChI=1S/C67H126NO9.BrH/c1-6-9-12-15-18-21-24-27-30-33-36-39-42-45-48-51-66(70)75-60-59-74-58-57-73-56-55-72-54-53-68(4,5)61-65(76-62-64(69)50-47-44-41-38-35-32-29-26-23-20-17-14-11-8-3)63-77-67(71)52-49-46-43-40-37-34-31-28-25-22-19-16-13-10-7-2;/h27-32,65H,6-26,33-63H2,1-5H3;1H/q+1;/p-1/b30-27?,31-28-,32-29-;. The molecule has 1 unspecified atom stereocenters. The molecule has 0 spiro atoms. The maximum atomic E-state index is 12.9. The molecule has 0 amide bonds. The van der Waals surface area contributed by atoms with Crippen LogP contribution in [-0.4, -0.2) is 115 Å². The van der Waals surface area contributed by atoms with E-state index in [2.05, 4.69) is 71.3 Å². The van der Waals surface area contributed by atoms with Gasteiger partial charge in [0.2, 0.25) is 0 Å². The molecule has 460 valence electrons. The second-order valence-corrected chi connectivity index (χ2v) is 22.7. The van der Waals surface area contributed by atoms with Crippen molar-refractivity contribution >= 4 is 17.7 Å². The molecule has 0 aliphatic carbocycles. The Morgan fingerprint density at radius 1 is 0.372 bits per heavy atom. The molecule has 0 aromatic carbocycles. The lowest BCUT2D eigenvalue weighted by Crippen LogP contribution is -3.00. The number of allylic oxidation sites excluding steroid dienone is 6. The fraction of sp³-hybridized carbons (Fsp3) is 0.866. The Kier molecular flexibility index (Phi) is 64.4. The van der Waals surface area contributed by atoms with E-state index >= 15 is 0 Å². The van der Waals surface area contributed by atoms with E-state index in [9.17, 15) is 14.4 Å². The Balaban J connectivity index is 0. The largest absolute Gasteiger partial charge is 1.00 e. The fourth-order valence-corrected chi connectivity index (χ4v) is 9.37. The first-order chi connectivity index (χ1) is 37.7. The lowest BCUT2D eigenvalue weighted by atomic mass is 10.1. The zero-order valence-corrected chi connectivity index (χ0v) is 53.4. The van der Waals surface area contributed by atoms with Gasteiger partial charge >= 0.3 is 11.9 Å². The number of rotatable bonds is 63. The number of halogens is 1. The molecule has 10 nitrogen and oxygen atoms in total. The molecule has 78 heavy (non-hydrogen) atoms. The van der Waals surface area contributed by atoms with Crippen LogP contribution >= 0.6 is 0 Å². The Hall–Kier alpha value is -1.89. The predicted octanol–water partition coefficient (Wildman–Crippen LogP) is 14.9. The van der Waals surface area contributed by atoms with Crippen LogP contribution in [0.15, 0.2) is 36.5 Å². The SMILES string of the molecule is CCCCCCCCC=CCCCCCCCC(=O)OCCOCCOCCOCC[N+](C)(C)CC(COC(=O)CCCCCCC/C=C\CCCCCCCC)OCC(=O)CCCCCC/C=C\CCCCCCCC.[Br-]. The summed E-state index contributed by atoms with van der Waals surface area (Å²) in [5.41, 5.74) is 0. The second kappa shape index (κ2) is 64.3. The molecule has 0 N–H and O–H groups in total. The fourth-order valence-electron chi connectivity index (χ4n) is 9.37. The smallest absolute Gasteiger partial charge is 0.305 e. The third kappa shape index (κ3) is 63.3. The Labute approximate surface area is 492 Å². The summed E-state index contributed by atoms with van der Waals surface area (Å²) in [7, 11) is 4.23. The topological polar surface area (TPSA) is 107 Å². The van der Waals surface area contributed by atoms with Crippen LogP contribution in [0, 0.1) is 0 Å². The van der Waals surface area contributed by atoms with Crippen molar-refractivity contribution in [3.8, 4) is 0 Å². The van der Waals surface area contributed by atoms with Crippen molar-refractivity contribution in [2.24, 2.45) is 0 Å². The van der Waals surface area contributed by atoms with E-state index in [1.165, 1.54) is 173 Å². The average molecular weight is 1170 g/mol. The Morgan fingerprint density at radius 2 is 0.679 bits per heavy atom. The molecule has 0 aromatic heterocycles. The number of carbonyl (C=O) groups is 3. The highest BCUT2D eigenvalue weighted by molar-refractivity contribution is 5.79. The zero-order valence-electron chi connectivity index (χ0n) is 51.8. The number of unbranched alkanes of at least 4 members (excludes halogenated alkanes) is 32. The highest BCUT2D eigenvalue weighted by Crippen LogP contribution is 2.15. The lowest BCUT2D eigenvalue weighted by molar-refractivity contribution is -0.893. The molecule has 0 radical (unpaired) electrons. The first kappa shape index (κ1) is 78.2. The number of nitrogens with zero attached hydrogens (tertiary/aromatic N) is 1. The summed E-state index contributed by atoms with van der Waals surface area (Å²) in [4.78, 5) is 37.9. The Bertz CT molecular complexity index is 1360. The van der Waals surface area contributed by atoms with Gasteiger partial charge in [0.15, 0.2) is 5.78 Å². The molecule has 1 atom stereocenters. The van der Waals surface area contributed by atoms with Crippen molar-refractivity contribution in [3.05, 3.63) is 36.5 Å². The van der Waals surface area contributed by atoms with Crippen LogP contribution in [-0.2, 0) is 42.8 Å². The first-order valence-corrected chi connectivity index (χ1v) is 32.7. The van der Waals surface area contributed by atoms with Crippen LogP contribution in [0.25, 0.3) is 0 Å². The highest BCUT2D eigenvalue weighted by Gasteiger charge is 2.25. The zero-order chi connectivity index (χ0) is 56.1. The summed E-state index contributed by atoms with van der Waals surface area (Å²) in [6, 6.07) is 0. The lowest BCUT2D eigenvalue weighted by Gasteiger charge is -2.33. The van der Waals surface area contributed by atoms with Gasteiger partial charge in [-0.1, -0.05) is 205 Å². The number of quaternary nitrogens is 1. The van der Waals surface area contributed by atoms with Crippen molar-refractivity contribution in [2.45, 2.75) is 290 Å². The number of esters is 2. The maximum absolute atomic E-state index is 12.9. The van der Waals surface area contributed by atoms with E-state index in [0.29, 0.717) is 69.9 Å². The normalized spacial score (nSPS) is 12.3. The minimum absolute atomic E-state index is 0. The molecule has 0 heterocycles. The highest BCUT2D eigenvalue weighted by atomic mass is 79.9. The van der Waals surface area contributed by atoms with Crippen molar-refractivity contribution in [2.75, 3.05) is 86.6 Å². The van der Waals surface area contributed by atoms with Gasteiger partial charge in [-0.15, -0.1) is 0 Å². The number of carbonyl (C=O) groups excluding carboxylic acids is 3. The average Bonchev–Trinajstić information content (AvgIpc) is 3.41. The van der Waals surface area contributed by atoms with E-state index in [1.54, 1.807) is 0 Å². The molecule has 0 saturated carbocycles. The van der Waals surface area contributed by atoms with Crippen molar-refractivity contribution < 1.29 is 64.3 Å². The third-order valence-electron chi connectivity index (χ3n) is 14.4. The summed E-state index contributed by atoms with van der Waals surface area (Å²) in [6.07, 6.45) is 61.6. The third-order valence-corrected chi connectivity index (χ3v) is 14.4. The van der Waals surface area contributed by atoms with E-state index in [-0.39, 0.29) is 60.6 Å². The first-order valence-electron chi connectivity index (χ1n) is 32.7. The molecule has 11 heteroatoms. The van der Waals surface area contributed by atoms with Gasteiger partial charge in [0.1, 0.15) is 39.0 Å². The summed E-state index contributed by atoms with van der Waals surface area (Å²) < 4.78 is 35.1. The second-order valence-electron chi connectivity index (χ2n) is 22.7. The number of hydrogen-bond acceptors (Lipinski definition) is 9. The van der Waals surface area contributed by atoms with Crippen molar-refractivity contribution in [3.63, 3.8) is 0 Å². The summed E-state index contributed by atoms with van der Waals surface area (Å²) in [5, 5.41) is 0. The van der Waals surface area contributed by atoms with Gasteiger partial charge in [0.25, 0.3) is 0 Å². The molecular formula is C67H126BrNO9. The number of likely N-dealkylation sites (N-methyl/N-ethyl adjacent to an activating group) is 1. The summed E-state index contributed by atoms with van der Waals surface area (Å²) >= 11 is 0. The molecule has 0 aliphatic heterocycles. The van der Waals surface area contributed by atoms with Gasteiger partial charge in [0.05, 0.1) is 53.7 Å². The van der Waals surface area contributed by atoms with Crippen LogP contribution in [0.3, 0.4) is 0 Å². The van der Waals surface area contributed by atoms with E-state index < -0.39 is 0 Å². The van der Waals surface area contributed by atoms with Crippen LogP contribution in [0.4, 0.5) is 0 Å². The summed E-state index contributed by atoms with van der Waals surface area (Å²) in [5.74, 6) is -0.233. The Morgan fingerprint density at radius 3 is 1.06 bits per heavy atom. The minimum Gasteiger partial charge on any atom is -1.00 e. The number of ether oxygens (including phenoxy) is 6. The molecule has 0 aromatic rings. The van der Waals surface area contributed by atoms with E-state index in [0.717, 1.165) is 77.2 Å². The van der Waals surface area contributed by atoms with E-state index in [4.69, 9.17) is 28.4 Å². The number of Topliss-reactive ketones (excluding diaryl/α,β-unsaturated/α-hetero) is 1. The van der Waals surface area contributed by atoms with Gasteiger partial charge < -0.3 is 49.9 Å².